The third kappa shape index (κ3) is 3.82. The molecule has 0 amide bonds. The maximum atomic E-state index is 5.58. The van der Waals surface area contributed by atoms with Crippen molar-refractivity contribution in [3.05, 3.63) is 0 Å². The molecule has 2 unspecified atom stereocenters. The number of likely N-dealkylation sites (N-methyl/N-ethyl adjacent to an activating group) is 1. The van der Waals surface area contributed by atoms with Gasteiger partial charge >= 0.3 is 0 Å². The molecule has 0 N–H and O–H groups in total. The summed E-state index contributed by atoms with van der Waals surface area (Å²) in [6, 6.07) is 1.68. The summed E-state index contributed by atoms with van der Waals surface area (Å²) in [7, 11) is 2.37. The third-order valence-electron chi connectivity index (χ3n) is 7.37. The van der Waals surface area contributed by atoms with E-state index in [0.29, 0.717) is 5.41 Å². The van der Waals surface area contributed by atoms with E-state index in [1.165, 1.54) is 77.5 Å². The summed E-state index contributed by atoms with van der Waals surface area (Å²) in [5.41, 5.74) is 0.553. The van der Waals surface area contributed by atoms with Gasteiger partial charge in [-0.15, -0.1) is 0 Å². The highest BCUT2D eigenvalue weighted by atomic mass is 16.5. The molecular formula is C20H37N3O. The Balaban J connectivity index is 1.41. The first kappa shape index (κ1) is 17.3. The second-order valence-electron chi connectivity index (χ2n) is 9.02. The van der Waals surface area contributed by atoms with E-state index in [1.807, 2.05) is 0 Å². The van der Waals surface area contributed by atoms with Gasteiger partial charge in [0.1, 0.15) is 0 Å². The SMILES string of the molecule is CN1C2CCC1CN(CC1(CN3CCOCC3)CCCCC1)CC2. The molecule has 0 spiro atoms. The van der Waals surface area contributed by atoms with Crippen LogP contribution >= 0.6 is 0 Å². The molecule has 1 saturated carbocycles. The van der Waals surface area contributed by atoms with Gasteiger partial charge in [0.25, 0.3) is 0 Å². The van der Waals surface area contributed by atoms with Crippen molar-refractivity contribution >= 4 is 0 Å². The molecule has 3 aliphatic heterocycles. The lowest BCUT2D eigenvalue weighted by Crippen LogP contribution is -2.50. The molecule has 0 aromatic heterocycles. The van der Waals surface area contributed by atoms with Crippen LogP contribution in [0, 0.1) is 5.41 Å². The van der Waals surface area contributed by atoms with Gasteiger partial charge in [-0.25, -0.2) is 0 Å². The van der Waals surface area contributed by atoms with Gasteiger partial charge in [0.05, 0.1) is 13.2 Å². The number of morpholine rings is 1. The van der Waals surface area contributed by atoms with Crippen molar-refractivity contribution in [1.82, 2.24) is 14.7 Å². The van der Waals surface area contributed by atoms with Crippen LogP contribution < -0.4 is 0 Å². The molecule has 4 rings (SSSR count). The fourth-order valence-corrected chi connectivity index (χ4v) is 5.90. The van der Waals surface area contributed by atoms with Gasteiger partial charge in [0.2, 0.25) is 0 Å². The van der Waals surface area contributed by atoms with Gasteiger partial charge in [-0.3, -0.25) is 9.80 Å². The summed E-state index contributed by atoms with van der Waals surface area (Å²) in [6.45, 7) is 9.49. The predicted molar refractivity (Wildman–Crippen MR) is 98.4 cm³/mol. The Hall–Kier alpha value is -0.160. The minimum Gasteiger partial charge on any atom is -0.379 e. The van der Waals surface area contributed by atoms with Gasteiger partial charge in [-0.1, -0.05) is 19.3 Å². The Bertz CT molecular complexity index is 404. The van der Waals surface area contributed by atoms with Gasteiger partial charge in [0, 0.05) is 44.8 Å². The zero-order valence-electron chi connectivity index (χ0n) is 15.7. The molecule has 1 aliphatic carbocycles. The first-order chi connectivity index (χ1) is 11.7. The molecule has 3 heterocycles. The molecule has 138 valence electrons. The second-order valence-corrected chi connectivity index (χ2v) is 9.02. The fourth-order valence-electron chi connectivity index (χ4n) is 5.90. The van der Waals surface area contributed by atoms with E-state index >= 15 is 0 Å². The normalized spacial score (nSPS) is 35.9. The van der Waals surface area contributed by atoms with Gasteiger partial charge in [0.15, 0.2) is 0 Å². The summed E-state index contributed by atoms with van der Waals surface area (Å²) in [5.74, 6) is 0. The first-order valence-corrected chi connectivity index (χ1v) is 10.5. The number of rotatable bonds is 4. The molecule has 2 atom stereocenters. The first-order valence-electron chi connectivity index (χ1n) is 10.5. The van der Waals surface area contributed by atoms with E-state index in [4.69, 9.17) is 4.74 Å². The summed E-state index contributed by atoms with van der Waals surface area (Å²) in [6.07, 6.45) is 11.5. The number of likely N-dealkylation sites (tertiary alicyclic amines) is 1. The number of nitrogens with zero attached hydrogens (tertiary/aromatic N) is 3. The number of fused-ring (bicyclic) bond motifs is 2. The van der Waals surface area contributed by atoms with Gasteiger partial charge in [-0.2, -0.15) is 0 Å². The third-order valence-corrected chi connectivity index (χ3v) is 7.37. The highest BCUT2D eigenvalue weighted by molar-refractivity contribution is 4.95. The molecule has 4 fully saturated rings. The maximum Gasteiger partial charge on any atom is 0.0594 e. The zero-order valence-corrected chi connectivity index (χ0v) is 15.7. The summed E-state index contributed by atoms with van der Waals surface area (Å²) in [4.78, 5) is 8.24. The number of ether oxygens (including phenoxy) is 1. The van der Waals surface area contributed by atoms with Crippen LogP contribution in [0.25, 0.3) is 0 Å². The van der Waals surface area contributed by atoms with Crippen LogP contribution in [0.2, 0.25) is 0 Å². The minimum absolute atomic E-state index is 0.553. The quantitative estimate of drug-likeness (QED) is 0.785. The van der Waals surface area contributed by atoms with E-state index in [2.05, 4.69) is 21.7 Å². The van der Waals surface area contributed by atoms with Crippen LogP contribution in [0.1, 0.15) is 51.4 Å². The smallest absolute Gasteiger partial charge is 0.0594 e. The van der Waals surface area contributed by atoms with Gasteiger partial charge < -0.3 is 9.64 Å². The van der Waals surface area contributed by atoms with Crippen molar-refractivity contribution in [1.29, 1.82) is 0 Å². The monoisotopic (exact) mass is 335 g/mol. The Morgan fingerprint density at radius 2 is 1.54 bits per heavy atom. The Morgan fingerprint density at radius 3 is 2.33 bits per heavy atom. The molecule has 4 nitrogen and oxygen atoms in total. The van der Waals surface area contributed by atoms with E-state index in [-0.39, 0.29) is 0 Å². The van der Waals surface area contributed by atoms with E-state index in [9.17, 15) is 0 Å². The molecular weight excluding hydrogens is 298 g/mol. The van der Waals surface area contributed by atoms with E-state index in [0.717, 1.165) is 38.4 Å². The summed E-state index contributed by atoms with van der Waals surface area (Å²) >= 11 is 0. The second kappa shape index (κ2) is 7.61. The average Bonchev–Trinajstić information content (AvgIpc) is 2.85. The van der Waals surface area contributed by atoms with Crippen LogP contribution in [-0.2, 0) is 4.74 Å². The average molecular weight is 336 g/mol. The molecule has 4 heteroatoms. The highest BCUT2D eigenvalue weighted by Crippen LogP contribution is 2.39. The predicted octanol–water partition coefficient (Wildman–Crippen LogP) is 2.44. The largest absolute Gasteiger partial charge is 0.379 e. The Kier molecular flexibility index (Phi) is 5.47. The fraction of sp³-hybridized carbons (Fsp3) is 1.00. The van der Waals surface area contributed by atoms with Crippen LogP contribution in [0.3, 0.4) is 0 Å². The lowest BCUT2D eigenvalue weighted by Gasteiger charge is -2.45. The molecule has 0 aromatic rings. The van der Waals surface area contributed by atoms with Crippen molar-refractivity contribution in [3.8, 4) is 0 Å². The topological polar surface area (TPSA) is 19.0 Å². The maximum absolute atomic E-state index is 5.58. The van der Waals surface area contributed by atoms with Crippen LogP contribution in [0.4, 0.5) is 0 Å². The molecule has 24 heavy (non-hydrogen) atoms. The Morgan fingerprint density at radius 1 is 0.833 bits per heavy atom. The Labute approximate surface area is 148 Å². The van der Waals surface area contributed by atoms with Crippen molar-refractivity contribution in [3.63, 3.8) is 0 Å². The molecule has 4 aliphatic rings. The van der Waals surface area contributed by atoms with Crippen LogP contribution in [0.15, 0.2) is 0 Å². The van der Waals surface area contributed by atoms with Crippen molar-refractivity contribution in [2.75, 3.05) is 59.5 Å². The van der Waals surface area contributed by atoms with Crippen LogP contribution in [-0.4, -0.2) is 86.3 Å². The molecule has 0 aromatic carbocycles. The summed E-state index contributed by atoms with van der Waals surface area (Å²) < 4.78 is 5.58. The highest BCUT2D eigenvalue weighted by Gasteiger charge is 2.39. The van der Waals surface area contributed by atoms with Crippen LogP contribution in [0.5, 0.6) is 0 Å². The molecule has 0 radical (unpaired) electrons. The van der Waals surface area contributed by atoms with E-state index in [1.54, 1.807) is 0 Å². The van der Waals surface area contributed by atoms with E-state index < -0.39 is 0 Å². The number of hydrogen-bond donors (Lipinski definition) is 0. The van der Waals surface area contributed by atoms with Crippen molar-refractivity contribution in [2.45, 2.75) is 63.5 Å². The molecule has 3 saturated heterocycles. The van der Waals surface area contributed by atoms with Crippen molar-refractivity contribution in [2.24, 2.45) is 5.41 Å². The zero-order chi connectivity index (χ0) is 16.4. The van der Waals surface area contributed by atoms with Crippen molar-refractivity contribution < 1.29 is 4.74 Å². The lowest BCUT2D eigenvalue weighted by molar-refractivity contribution is -0.00468. The number of hydrogen-bond acceptors (Lipinski definition) is 4. The summed E-state index contributed by atoms with van der Waals surface area (Å²) in [5, 5.41) is 0. The minimum atomic E-state index is 0.553. The molecule has 2 bridgehead atoms. The standard InChI is InChI=1S/C20H37N3O/c1-21-18-5-6-19(21)15-23(10-7-18)17-20(8-3-2-4-9-20)16-22-11-13-24-14-12-22/h18-19H,2-17H2,1H3. The lowest BCUT2D eigenvalue weighted by atomic mass is 9.73. The van der Waals surface area contributed by atoms with Gasteiger partial charge in [-0.05, 0) is 51.1 Å².